The first-order chi connectivity index (χ1) is 8.24. The van der Waals surface area contributed by atoms with Crippen LogP contribution in [-0.4, -0.2) is 13.1 Å². The molecule has 0 N–H and O–H groups in total. The van der Waals surface area contributed by atoms with E-state index in [4.69, 9.17) is 11.6 Å². The van der Waals surface area contributed by atoms with Crippen LogP contribution in [0.5, 0.6) is 0 Å². The molecule has 3 heteroatoms. The van der Waals surface area contributed by atoms with E-state index in [0.717, 1.165) is 5.69 Å². The number of alkyl halides is 1. The monoisotopic (exact) mass is 255 g/mol. The molecular formula is C14H19ClFN. The molecule has 1 aromatic rings. The summed E-state index contributed by atoms with van der Waals surface area (Å²) in [6.07, 6.45) is 6.29. The molecule has 1 fully saturated rings. The third-order valence-electron chi connectivity index (χ3n) is 3.73. The van der Waals surface area contributed by atoms with Crippen molar-refractivity contribution in [2.24, 2.45) is 0 Å². The molecule has 2 rings (SSSR count). The van der Waals surface area contributed by atoms with Gasteiger partial charge >= 0.3 is 0 Å². The Bertz CT molecular complexity index is 374. The van der Waals surface area contributed by atoms with E-state index in [9.17, 15) is 4.39 Å². The Morgan fingerprint density at radius 3 is 2.65 bits per heavy atom. The molecule has 0 aliphatic heterocycles. The standard InChI is InChI=1S/C14H19ClFN/c1-17(11-6-3-2-4-7-11)14-9-5-8-13(16)12(14)10-15/h5,8-9,11H,2-4,6-7,10H2,1H3. The van der Waals surface area contributed by atoms with Gasteiger partial charge in [-0.1, -0.05) is 25.3 Å². The second-order valence-electron chi connectivity index (χ2n) is 4.77. The molecule has 0 unspecified atom stereocenters. The molecule has 1 aliphatic carbocycles. The molecule has 1 aliphatic rings. The van der Waals surface area contributed by atoms with Crippen LogP contribution in [0.3, 0.4) is 0 Å². The summed E-state index contributed by atoms with van der Waals surface area (Å²) in [5.74, 6) is 0.0409. The van der Waals surface area contributed by atoms with Gasteiger partial charge in [0.1, 0.15) is 5.82 Å². The van der Waals surface area contributed by atoms with Gasteiger partial charge in [0.05, 0.1) is 5.88 Å². The highest BCUT2D eigenvalue weighted by Crippen LogP contribution is 2.30. The minimum absolute atomic E-state index is 0.194. The SMILES string of the molecule is CN(c1cccc(F)c1CCl)C1CCCCC1. The number of rotatable bonds is 3. The van der Waals surface area contributed by atoms with Gasteiger partial charge in [-0.05, 0) is 25.0 Å². The third kappa shape index (κ3) is 2.74. The average molecular weight is 256 g/mol. The number of hydrogen-bond acceptors (Lipinski definition) is 1. The topological polar surface area (TPSA) is 3.24 Å². The predicted octanol–water partition coefficient (Wildman–Crippen LogP) is 4.33. The Morgan fingerprint density at radius 2 is 2.00 bits per heavy atom. The molecule has 94 valence electrons. The van der Waals surface area contributed by atoms with E-state index in [2.05, 4.69) is 11.9 Å². The zero-order valence-electron chi connectivity index (χ0n) is 10.3. The Kier molecular flexibility index (Phi) is 4.27. The van der Waals surface area contributed by atoms with E-state index in [1.165, 1.54) is 38.2 Å². The summed E-state index contributed by atoms with van der Waals surface area (Å²) in [5.41, 5.74) is 1.58. The second kappa shape index (κ2) is 5.72. The van der Waals surface area contributed by atoms with Gasteiger partial charge < -0.3 is 4.90 Å². The van der Waals surface area contributed by atoms with Crippen molar-refractivity contribution in [3.05, 3.63) is 29.6 Å². The van der Waals surface area contributed by atoms with Gasteiger partial charge in [0.25, 0.3) is 0 Å². The highest BCUT2D eigenvalue weighted by molar-refractivity contribution is 6.17. The fourth-order valence-corrected chi connectivity index (χ4v) is 2.94. The molecule has 1 aromatic carbocycles. The Labute approximate surface area is 108 Å². The lowest BCUT2D eigenvalue weighted by Gasteiger charge is -2.34. The highest BCUT2D eigenvalue weighted by atomic mass is 35.5. The lowest BCUT2D eigenvalue weighted by Crippen LogP contribution is -2.34. The first-order valence-corrected chi connectivity index (χ1v) is 6.83. The molecule has 0 bridgehead atoms. The summed E-state index contributed by atoms with van der Waals surface area (Å²) in [7, 11) is 2.06. The van der Waals surface area contributed by atoms with Crippen LogP contribution in [0, 0.1) is 5.82 Å². The average Bonchev–Trinajstić information content (AvgIpc) is 2.38. The molecular weight excluding hydrogens is 237 g/mol. The van der Waals surface area contributed by atoms with Crippen LogP contribution in [0.2, 0.25) is 0 Å². The Hall–Kier alpha value is -0.760. The van der Waals surface area contributed by atoms with Crippen molar-refractivity contribution in [2.45, 2.75) is 44.0 Å². The van der Waals surface area contributed by atoms with E-state index >= 15 is 0 Å². The molecule has 1 saturated carbocycles. The molecule has 17 heavy (non-hydrogen) atoms. The third-order valence-corrected chi connectivity index (χ3v) is 4.00. The molecule has 0 atom stereocenters. The van der Waals surface area contributed by atoms with Gasteiger partial charge in [0.2, 0.25) is 0 Å². The molecule has 0 saturated heterocycles. The fraction of sp³-hybridized carbons (Fsp3) is 0.571. The van der Waals surface area contributed by atoms with E-state index in [1.807, 2.05) is 6.07 Å². The van der Waals surface area contributed by atoms with Crippen LogP contribution in [0.1, 0.15) is 37.7 Å². The van der Waals surface area contributed by atoms with Crippen LogP contribution in [0.15, 0.2) is 18.2 Å². The molecule has 0 amide bonds. The van der Waals surface area contributed by atoms with E-state index < -0.39 is 0 Å². The second-order valence-corrected chi connectivity index (χ2v) is 5.04. The van der Waals surface area contributed by atoms with Crippen LogP contribution < -0.4 is 4.90 Å². The van der Waals surface area contributed by atoms with Gasteiger partial charge in [0.15, 0.2) is 0 Å². The van der Waals surface area contributed by atoms with E-state index in [1.54, 1.807) is 6.07 Å². The Morgan fingerprint density at radius 1 is 1.29 bits per heavy atom. The molecule has 0 spiro atoms. The maximum Gasteiger partial charge on any atom is 0.129 e. The normalized spacial score (nSPS) is 17.1. The molecule has 1 nitrogen and oxygen atoms in total. The van der Waals surface area contributed by atoms with Crippen LogP contribution in [0.4, 0.5) is 10.1 Å². The number of nitrogens with zero attached hydrogens (tertiary/aromatic N) is 1. The summed E-state index contributed by atoms with van der Waals surface area (Å²) < 4.78 is 13.7. The minimum Gasteiger partial charge on any atom is -0.371 e. The zero-order chi connectivity index (χ0) is 12.3. The quantitative estimate of drug-likeness (QED) is 0.727. The summed E-state index contributed by atoms with van der Waals surface area (Å²) in [4.78, 5) is 2.21. The molecule has 0 aromatic heterocycles. The van der Waals surface area contributed by atoms with Crippen molar-refractivity contribution in [1.29, 1.82) is 0 Å². The zero-order valence-corrected chi connectivity index (χ0v) is 11.0. The van der Waals surface area contributed by atoms with Gasteiger partial charge in [-0.3, -0.25) is 0 Å². The van der Waals surface area contributed by atoms with Crippen molar-refractivity contribution in [1.82, 2.24) is 0 Å². The summed E-state index contributed by atoms with van der Waals surface area (Å²) in [5, 5.41) is 0. The van der Waals surface area contributed by atoms with Gasteiger partial charge in [-0.15, -0.1) is 11.6 Å². The Balaban J connectivity index is 2.23. The van der Waals surface area contributed by atoms with Gasteiger partial charge in [-0.25, -0.2) is 4.39 Å². The van der Waals surface area contributed by atoms with E-state index in [-0.39, 0.29) is 11.7 Å². The highest BCUT2D eigenvalue weighted by Gasteiger charge is 2.20. The minimum atomic E-state index is -0.194. The first-order valence-electron chi connectivity index (χ1n) is 6.30. The summed E-state index contributed by atoms with van der Waals surface area (Å²) >= 11 is 5.85. The van der Waals surface area contributed by atoms with Crippen molar-refractivity contribution < 1.29 is 4.39 Å². The number of benzene rings is 1. The van der Waals surface area contributed by atoms with Crippen LogP contribution >= 0.6 is 11.6 Å². The van der Waals surface area contributed by atoms with Gasteiger partial charge in [-0.2, -0.15) is 0 Å². The smallest absolute Gasteiger partial charge is 0.129 e. The first kappa shape index (κ1) is 12.7. The molecule has 0 heterocycles. The number of halogens is 2. The lowest BCUT2D eigenvalue weighted by atomic mass is 9.94. The fourth-order valence-electron chi connectivity index (χ4n) is 2.68. The number of hydrogen-bond donors (Lipinski definition) is 0. The summed E-state index contributed by atoms with van der Waals surface area (Å²) in [6, 6.07) is 5.75. The summed E-state index contributed by atoms with van der Waals surface area (Å²) in [6.45, 7) is 0. The van der Waals surface area contributed by atoms with Crippen molar-refractivity contribution >= 4 is 17.3 Å². The van der Waals surface area contributed by atoms with Crippen molar-refractivity contribution in [3.63, 3.8) is 0 Å². The molecule has 0 radical (unpaired) electrons. The number of anilines is 1. The van der Waals surface area contributed by atoms with Crippen molar-refractivity contribution in [3.8, 4) is 0 Å². The maximum absolute atomic E-state index is 13.7. The maximum atomic E-state index is 13.7. The largest absolute Gasteiger partial charge is 0.371 e. The van der Waals surface area contributed by atoms with Gasteiger partial charge in [0, 0.05) is 24.3 Å². The van der Waals surface area contributed by atoms with E-state index in [0.29, 0.717) is 11.6 Å². The van der Waals surface area contributed by atoms with Crippen LogP contribution in [-0.2, 0) is 5.88 Å². The van der Waals surface area contributed by atoms with Crippen LogP contribution in [0.25, 0.3) is 0 Å². The van der Waals surface area contributed by atoms with Crippen molar-refractivity contribution in [2.75, 3.05) is 11.9 Å². The lowest BCUT2D eigenvalue weighted by molar-refractivity contribution is 0.427. The predicted molar refractivity (Wildman–Crippen MR) is 71.2 cm³/mol.